The lowest BCUT2D eigenvalue weighted by Gasteiger charge is -2.32. The van der Waals surface area contributed by atoms with Crippen LogP contribution < -0.4 is 10.2 Å². The van der Waals surface area contributed by atoms with Crippen molar-refractivity contribution in [1.82, 2.24) is 19.9 Å². The monoisotopic (exact) mass is 368 g/mol. The zero-order valence-corrected chi connectivity index (χ0v) is 16.3. The predicted molar refractivity (Wildman–Crippen MR) is 108 cm³/mol. The highest BCUT2D eigenvalue weighted by Crippen LogP contribution is 2.26. The van der Waals surface area contributed by atoms with Gasteiger partial charge in [-0.1, -0.05) is 0 Å². The van der Waals surface area contributed by atoms with Crippen molar-refractivity contribution in [2.45, 2.75) is 20.4 Å². The molecule has 0 aliphatic carbocycles. The molecule has 1 saturated heterocycles. The highest BCUT2D eigenvalue weighted by Gasteiger charge is 2.19. The van der Waals surface area contributed by atoms with Crippen molar-refractivity contribution in [2.75, 3.05) is 43.4 Å². The zero-order valence-electron chi connectivity index (χ0n) is 15.5. The van der Waals surface area contributed by atoms with Gasteiger partial charge in [0.15, 0.2) is 0 Å². The van der Waals surface area contributed by atoms with E-state index in [1.54, 1.807) is 11.3 Å². The smallest absolute Gasteiger partial charge is 0.228 e. The van der Waals surface area contributed by atoms with Gasteiger partial charge < -0.3 is 15.1 Å². The third-order valence-corrected chi connectivity index (χ3v) is 5.90. The second-order valence-corrected chi connectivity index (χ2v) is 7.89. The summed E-state index contributed by atoms with van der Waals surface area (Å²) in [4.78, 5) is 20.0. The molecule has 0 amide bonds. The van der Waals surface area contributed by atoms with Crippen LogP contribution in [0.25, 0.3) is 10.9 Å². The fourth-order valence-electron chi connectivity index (χ4n) is 3.16. The highest BCUT2D eigenvalue weighted by atomic mass is 32.1. The van der Waals surface area contributed by atoms with Crippen LogP contribution in [0.5, 0.6) is 0 Å². The minimum atomic E-state index is 0.777. The largest absolute Gasteiger partial charge is 0.364 e. The Bertz CT molecular complexity index is 914. The molecule has 1 N–H and O–H groups in total. The first-order valence-electron chi connectivity index (χ1n) is 8.95. The molecule has 26 heavy (non-hydrogen) atoms. The quantitative estimate of drug-likeness (QED) is 0.764. The molecule has 0 aromatic carbocycles. The van der Waals surface area contributed by atoms with Crippen LogP contribution in [0, 0.1) is 13.8 Å². The maximum absolute atomic E-state index is 4.88. The van der Waals surface area contributed by atoms with Crippen LogP contribution in [0.2, 0.25) is 0 Å². The maximum Gasteiger partial charge on any atom is 0.228 e. The fourth-order valence-corrected chi connectivity index (χ4v) is 4.00. The van der Waals surface area contributed by atoms with E-state index in [-0.39, 0.29) is 0 Å². The van der Waals surface area contributed by atoms with Crippen molar-refractivity contribution in [2.24, 2.45) is 0 Å². The fraction of sp³-hybridized carbons (Fsp3) is 0.421. The topological polar surface area (TPSA) is 57.2 Å². The van der Waals surface area contributed by atoms with Gasteiger partial charge in [-0.15, -0.1) is 11.3 Å². The molecule has 0 atom stereocenters. The van der Waals surface area contributed by atoms with Gasteiger partial charge in [-0.3, -0.25) is 4.98 Å². The van der Waals surface area contributed by atoms with Crippen LogP contribution in [0.1, 0.15) is 16.1 Å². The van der Waals surface area contributed by atoms with Crippen molar-refractivity contribution in [3.63, 3.8) is 0 Å². The Morgan fingerprint density at radius 3 is 2.69 bits per heavy atom. The second kappa shape index (κ2) is 7.17. The zero-order chi connectivity index (χ0) is 18.1. The summed E-state index contributed by atoms with van der Waals surface area (Å²) in [5.41, 5.74) is 3.19. The van der Waals surface area contributed by atoms with Gasteiger partial charge in [0.2, 0.25) is 5.95 Å². The van der Waals surface area contributed by atoms with Gasteiger partial charge in [0, 0.05) is 42.1 Å². The molecule has 0 unspecified atom stereocenters. The Kier molecular flexibility index (Phi) is 4.74. The first kappa shape index (κ1) is 17.2. The van der Waals surface area contributed by atoms with Gasteiger partial charge in [-0.05, 0) is 44.0 Å². The Labute approximate surface area is 157 Å². The van der Waals surface area contributed by atoms with Crippen molar-refractivity contribution < 1.29 is 0 Å². The summed E-state index contributed by atoms with van der Waals surface area (Å²) < 4.78 is 0. The van der Waals surface area contributed by atoms with E-state index in [9.17, 15) is 0 Å². The summed E-state index contributed by atoms with van der Waals surface area (Å²) in [6.07, 6.45) is 1.85. The van der Waals surface area contributed by atoms with Crippen LogP contribution in [0.15, 0.2) is 23.7 Å². The Morgan fingerprint density at radius 1 is 1.15 bits per heavy atom. The summed E-state index contributed by atoms with van der Waals surface area (Å²) in [5.74, 6) is 1.68. The summed E-state index contributed by atoms with van der Waals surface area (Å²) in [6, 6.07) is 4.22. The number of piperazine rings is 1. The van der Waals surface area contributed by atoms with Gasteiger partial charge in [0.05, 0.1) is 18.3 Å². The van der Waals surface area contributed by atoms with Crippen LogP contribution in [0.4, 0.5) is 11.8 Å². The number of pyridine rings is 1. The van der Waals surface area contributed by atoms with E-state index in [4.69, 9.17) is 9.97 Å². The Balaban J connectivity index is 1.68. The normalized spacial score (nSPS) is 15.6. The van der Waals surface area contributed by atoms with Crippen molar-refractivity contribution in [3.8, 4) is 0 Å². The first-order chi connectivity index (χ1) is 12.6. The van der Waals surface area contributed by atoms with Crippen LogP contribution in [-0.2, 0) is 6.54 Å². The van der Waals surface area contributed by atoms with Crippen LogP contribution in [0.3, 0.4) is 0 Å². The molecule has 4 heterocycles. The molecule has 1 aliphatic rings. The maximum atomic E-state index is 4.88. The van der Waals surface area contributed by atoms with E-state index < -0.39 is 0 Å². The Hall–Kier alpha value is -2.25. The molecule has 3 aromatic rings. The van der Waals surface area contributed by atoms with Gasteiger partial charge in [-0.2, -0.15) is 4.98 Å². The highest BCUT2D eigenvalue weighted by molar-refractivity contribution is 7.10. The van der Waals surface area contributed by atoms with E-state index in [0.717, 1.165) is 61.1 Å². The van der Waals surface area contributed by atoms with Gasteiger partial charge in [0.1, 0.15) is 5.82 Å². The molecular formula is C19H24N6S. The molecule has 136 valence electrons. The molecule has 0 saturated carbocycles. The van der Waals surface area contributed by atoms with Gasteiger partial charge >= 0.3 is 0 Å². The number of rotatable bonds is 4. The minimum Gasteiger partial charge on any atom is -0.364 e. The first-order valence-corrected chi connectivity index (χ1v) is 9.83. The number of hydrogen-bond acceptors (Lipinski definition) is 7. The third kappa shape index (κ3) is 3.50. The second-order valence-electron chi connectivity index (χ2n) is 6.89. The van der Waals surface area contributed by atoms with E-state index in [0.29, 0.717) is 0 Å². The number of likely N-dealkylation sites (N-methyl/N-ethyl adjacent to an activating group) is 1. The predicted octanol–water partition coefficient (Wildman–Crippen LogP) is 3.07. The summed E-state index contributed by atoms with van der Waals surface area (Å²) in [6.45, 7) is 8.89. The standard InChI is InChI=1S/C19H24N6S/c1-13-4-9-26-17(13)12-21-18-15-10-14(2)20-11-16(15)22-19(23-18)25-7-5-24(3)6-8-25/h4,9-11H,5-8,12H2,1-3H3,(H,21,22,23). The molecule has 1 aliphatic heterocycles. The number of thiophene rings is 1. The van der Waals surface area contributed by atoms with Crippen molar-refractivity contribution in [1.29, 1.82) is 0 Å². The summed E-state index contributed by atoms with van der Waals surface area (Å²) in [7, 11) is 2.15. The van der Waals surface area contributed by atoms with E-state index >= 15 is 0 Å². The number of fused-ring (bicyclic) bond motifs is 1. The number of nitrogens with zero attached hydrogens (tertiary/aromatic N) is 5. The van der Waals surface area contributed by atoms with Crippen LogP contribution >= 0.6 is 11.3 Å². The number of aryl methyl sites for hydroxylation is 2. The third-order valence-electron chi connectivity index (χ3n) is 4.88. The minimum absolute atomic E-state index is 0.777. The van der Waals surface area contributed by atoms with Crippen molar-refractivity contribution in [3.05, 3.63) is 39.8 Å². The average molecular weight is 369 g/mol. The molecule has 3 aromatic heterocycles. The summed E-state index contributed by atoms with van der Waals surface area (Å²) in [5, 5.41) is 6.71. The molecule has 0 radical (unpaired) electrons. The number of nitrogens with one attached hydrogen (secondary N) is 1. The van der Waals surface area contributed by atoms with E-state index in [1.807, 2.05) is 13.1 Å². The summed E-state index contributed by atoms with van der Waals surface area (Å²) >= 11 is 1.78. The average Bonchev–Trinajstić information content (AvgIpc) is 3.05. The lowest BCUT2D eigenvalue weighted by molar-refractivity contribution is 0.311. The van der Waals surface area contributed by atoms with Gasteiger partial charge in [0.25, 0.3) is 0 Å². The molecule has 0 spiro atoms. The lowest BCUT2D eigenvalue weighted by atomic mass is 10.2. The number of aromatic nitrogens is 3. The molecular weight excluding hydrogens is 344 g/mol. The molecule has 1 fully saturated rings. The van der Waals surface area contributed by atoms with Gasteiger partial charge in [-0.25, -0.2) is 4.98 Å². The lowest BCUT2D eigenvalue weighted by Crippen LogP contribution is -2.45. The molecule has 4 rings (SSSR count). The van der Waals surface area contributed by atoms with Crippen LogP contribution in [-0.4, -0.2) is 53.1 Å². The van der Waals surface area contributed by atoms with Crippen molar-refractivity contribution >= 4 is 34.0 Å². The molecule has 7 heteroatoms. The molecule has 0 bridgehead atoms. The number of hydrogen-bond donors (Lipinski definition) is 1. The Morgan fingerprint density at radius 2 is 1.96 bits per heavy atom. The molecule has 6 nitrogen and oxygen atoms in total. The number of anilines is 2. The van der Waals surface area contributed by atoms with E-state index in [2.05, 4.69) is 51.6 Å². The van der Waals surface area contributed by atoms with E-state index in [1.165, 1.54) is 10.4 Å². The SMILES string of the molecule is Cc1cc2c(NCc3sccc3C)nc(N3CCN(C)CC3)nc2cn1.